The Morgan fingerprint density at radius 3 is 2.35 bits per heavy atom. The van der Waals surface area contributed by atoms with Crippen LogP contribution in [-0.4, -0.2) is 37.0 Å². The second-order valence-electron chi connectivity index (χ2n) is 8.87. The average molecular weight is 470 g/mol. The van der Waals surface area contributed by atoms with Crippen molar-refractivity contribution < 1.29 is 28.6 Å². The summed E-state index contributed by atoms with van der Waals surface area (Å²) in [6.45, 7) is 8.11. The molecule has 0 atom stereocenters. The molecular weight excluding hydrogens is 434 g/mol. The minimum absolute atomic E-state index is 0.0836. The molecule has 184 valence electrons. The van der Waals surface area contributed by atoms with Crippen LogP contribution in [0.3, 0.4) is 0 Å². The van der Waals surface area contributed by atoms with E-state index in [1.165, 1.54) is 7.11 Å². The van der Waals surface area contributed by atoms with Crippen LogP contribution in [0.15, 0.2) is 53.7 Å². The Kier molecular flexibility index (Phi) is 10.6. The fourth-order valence-electron chi connectivity index (χ4n) is 3.16. The molecule has 0 saturated heterocycles. The summed E-state index contributed by atoms with van der Waals surface area (Å²) in [5.41, 5.74) is 2.02. The van der Waals surface area contributed by atoms with Crippen molar-refractivity contribution in [2.45, 2.75) is 65.6 Å². The van der Waals surface area contributed by atoms with E-state index in [0.29, 0.717) is 31.4 Å². The standard InChI is InChI=1S/C27H35NO6/c1-20-13-8-11-16-23(20)32-19-21-14-9-10-15-22(21)25(26(30)31-5)28-33-18-12-6-7-17-24(29)34-27(2,3)4/h8-11,13-16H,6-7,12,17-19H2,1-5H3/b28-25+. The van der Waals surface area contributed by atoms with Crippen LogP contribution in [0.4, 0.5) is 0 Å². The molecule has 0 aliphatic carbocycles. The molecule has 2 aromatic carbocycles. The lowest BCUT2D eigenvalue weighted by molar-refractivity contribution is -0.155. The van der Waals surface area contributed by atoms with Crippen molar-refractivity contribution in [3.63, 3.8) is 0 Å². The van der Waals surface area contributed by atoms with Crippen LogP contribution in [0.5, 0.6) is 5.75 Å². The van der Waals surface area contributed by atoms with Gasteiger partial charge in [0.2, 0.25) is 0 Å². The number of methoxy groups -OCH3 is 1. The lowest BCUT2D eigenvalue weighted by atomic mass is 10.0. The maximum atomic E-state index is 12.4. The number of carbonyl (C=O) groups is 2. The van der Waals surface area contributed by atoms with Crippen molar-refractivity contribution in [1.82, 2.24) is 0 Å². The Bertz CT molecular complexity index is 977. The average Bonchev–Trinajstić information content (AvgIpc) is 2.79. The highest BCUT2D eigenvalue weighted by Gasteiger charge is 2.20. The molecule has 0 unspecified atom stereocenters. The predicted molar refractivity (Wildman–Crippen MR) is 131 cm³/mol. The third kappa shape index (κ3) is 9.25. The van der Waals surface area contributed by atoms with Crippen molar-refractivity contribution in [3.8, 4) is 5.75 Å². The van der Waals surface area contributed by atoms with Crippen LogP contribution in [-0.2, 0) is 30.5 Å². The van der Waals surface area contributed by atoms with Gasteiger partial charge in [-0.1, -0.05) is 47.6 Å². The van der Waals surface area contributed by atoms with Crippen molar-refractivity contribution in [3.05, 3.63) is 65.2 Å². The van der Waals surface area contributed by atoms with Crippen LogP contribution in [0, 0.1) is 6.92 Å². The van der Waals surface area contributed by atoms with E-state index in [9.17, 15) is 9.59 Å². The van der Waals surface area contributed by atoms with Gasteiger partial charge in [0.15, 0.2) is 5.71 Å². The highest BCUT2D eigenvalue weighted by Crippen LogP contribution is 2.20. The van der Waals surface area contributed by atoms with Crippen molar-refractivity contribution >= 4 is 17.7 Å². The number of unbranched alkanes of at least 4 members (excludes halogenated alkanes) is 2. The van der Waals surface area contributed by atoms with E-state index in [1.54, 1.807) is 6.07 Å². The van der Waals surface area contributed by atoms with Crippen LogP contribution >= 0.6 is 0 Å². The smallest absolute Gasteiger partial charge is 0.360 e. The van der Waals surface area contributed by atoms with Gasteiger partial charge in [-0.15, -0.1) is 0 Å². The Morgan fingerprint density at radius 1 is 0.941 bits per heavy atom. The predicted octanol–water partition coefficient (Wildman–Crippen LogP) is 5.37. The number of carbonyl (C=O) groups excluding carboxylic acids is 2. The lowest BCUT2D eigenvalue weighted by Gasteiger charge is -2.19. The largest absolute Gasteiger partial charge is 0.489 e. The summed E-state index contributed by atoms with van der Waals surface area (Å²) < 4.78 is 16.2. The summed E-state index contributed by atoms with van der Waals surface area (Å²) in [5.74, 6) is -0.0197. The molecule has 0 N–H and O–H groups in total. The van der Waals surface area contributed by atoms with Gasteiger partial charge in [0.1, 0.15) is 24.6 Å². The summed E-state index contributed by atoms with van der Waals surface area (Å²) in [4.78, 5) is 29.6. The number of hydrogen-bond donors (Lipinski definition) is 0. The monoisotopic (exact) mass is 469 g/mol. The minimum Gasteiger partial charge on any atom is -0.489 e. The molecule has 0 heterocycles. The first-order valence-corrected chi connectivity index (χ1v) is 11.5. The topological polar surface area (TPSA) is 83.4 Å². The maximum absolute atomic E-state index is 12.4. The number of ether oxygens (including phenoxy) is 3. The van der Waals surface area contributed by atoms with Crippen LogP contribution in [0.1, 0.15) is 63.1 Å². The molecule has 2 rings (SSSR count). The Hall–Kier alpha value is -3.35. The van der Waals surface area contributed by atoms with E-state index in [-0.39, 0.29) is 18.3 Å². The molecule has 7 nitrogen and oxygen atoms in total. The van der Waals surface area contributed by atoms with E-state index in [2.05, 4.69) is 5.16 Å². The summed E-state index contributed by atoms with van der Waals surface area (Å²) in [6.07, 6.45) is 2.54. The number of oxime groups is 1. The minimum atomic E-state index is -0.590. The normalized spacial score (nSPS) is 11.6. The number of esters is 2. The van der Waals surface area contributed by atoms with Gasteiger partial charge in [0, 0.05) is 12.0 Å². The first-order valence-electron chi connectivity index (χ1n) is 11.5. The number of benzene rings is 2. The van der Waals surface area contributed by atoms with E-state index in [1.807, 2.05) is 70.2 Å². The number of nitrogens with zero attached hydrogens (tertiary/aromatic N) is 1. The molecule has 0 bridgehead atoms. The van der Waals surface area contributed by atoms with Crippen LogP contribution < -0.4 is 4.74 Å². The summed E-state index contributed by atoms with van der Waals surface area (Å²) in [7, 11) is 1.31. The van der Waals surface area contributed by atoms with Crippen LogP contribution in [0.2, 0.25) is 0 Å². The van der Waals surface area contributed by atoms with Crippen molar-refractivity contribution in [1.29, 1.82) is 0 Å². The highest BCUT2D eigenvalue weighted by molar-refractivity contribution is 6.43. The maximum Gasteiger partial charge on any atom is 0.360 e. The molecule has 0 aliphatic heterocycles. The van der Waals surface area contributed by atoms with Gasteiger partial charge in [-0.25, -0.2) is 4.79 Å². The van der Waals surface area contributed by atoms with Gasteiger partial charge in [0.05, 0.1) is 7.11 Å². The van der Waals surface area contributed by atoms with E-state index in [0.717, 1.165) is 23.3 Å². The molecule has 2 aromatic rings. The second-order valence-corrected chi connectivity index (χ2v) is 8.87. The fourth-order valence-corrected chi connectivity index (χ4v) is 3.16. The number of hydrogen-bond acceptors (Lipinski definition) is 7. The quantitative estimate of drug-likeness (QED) is 0.180. The van der Waals surface area contributed by atoms with Gasteiger partial charge in [0.25, 0.3) is 0 Å². The molecule has 0 saturated carbocycles. The zero-order valence-corrected chi connectivity index (χ0v) is 20.8. The highest BCUT2D eigenvalue weighted by atomic mass is 16.6. The molecular formula is C27H35NO6. The molecule has 0 amide bonds. The fraction of sp³-hybridized carbons (Fsp3) is 0.444. The van der Waals surface area contributed by atoms with E-state index >= 15 is 0 Å². The molecule has 0 fully saturated rings. The summed E-state index contributed by atoms with van der Waals surface area (Å²) >= 11 is 0. The molecule has 0 radical (unpaired) electrons. The number of aryl methyl sites for hydroxylation is 1. The number of rotatable bonds is 12. The molecule has 0 aromatic heterocycles. The van der Waals surface area contributed by atoms with Gasteiger partial charge in [-0.2, -0.15) is 0 Å². The van der Waals surface area contributed by atoms with Crippen molar-refractivity contribution in [2.75, 3.05) is 13.7 Å². The first-order chi connectivity index (χ1) is 16.2. The third-order valence-corrected chi connectivity index (χ3v) is 4.82. The third-order valence-electron chi connectivity index (χ3n) is 4.82. The Balaban J connectivity index is 1.94. The van der Waals surface area contributed by atoms with Crippen molar-refractivity contribution in [2.24, 2.45) is 5.16 Å². The zero-order valence-electron chi connectivity index (χ0n) is 20.8. The molecule has 0 spiro atoms. The second kappa shape index (κ2) is 13.4. The summed E-state index contributed by atoms with van der Waals surface area (Å²) in [5, 5.41) is 4.07. The Labute approximate surface area is 202 Å². The molecule has 34 heavy (non-hydrogen) atoms. The summed E-state index contributed by atoms with van der Waals surface area (Å²) in [6, 6.07) is 15.1. The zero-order chi connectivity index (χ0) is 25.0. The first kappa shape index (κ1) is 26.9. The van der Waals surface area contributed by atoms with E-state index < -0.39 is 11.6 Å². The van der Waals surface area contributed by atoms with Gasteiger partial charge >= 0.3 is 11.9 Å². The van der Waals surface area contributed by atoms with Crippen LogP contribution in [0.25, 0.3) is 0 Å². The van der Waals surface area contributed by atoms with Gasteiger partial charge in [-0.05, 0) is 64.2 Å². The van der Waals surface area contributed by atoms with E-state index in [4.69, 9.17) is 19.0 Å². The van der Waals surface area contributed by atoms with Gasteiger partial charge < -0.3 is 19.0 Å². The molecule has 0 aliphatic rings. The SMILES string of the molecule is COC(=O)/C(=N/OCCCCCC(=O)OC(C)(C)C)c1ccccc1COc1ccccc1C. The van der Waals surface area contributed by atoms with Gasteiger partial charge in [-0.3, -0.25) is 4.79 Å². The number of para-hydroxylation sites is 1. The Morgan fingerprint density at radius 2 is 1.65 bits per heavy atom. The lowest BCUT2D eigenvalue weighted by Crippen LogP contribution is -2.23. The molecule has 7 heteroatoms.